The topological polar surface area (TPSA) is 92.4 Å². The van der Waals surface area contributed by atoms with Gasteiger partial charge in [0.05, 0.1) is 12.1 Å². The van der Waals surface area contributed by atoms with Crippen molar-refractivity contribution in [3.63, 3.8) is 0 Å². The number of aromatic nitrogens is 4. The first-order valence-corrected chi connectivity index (χ1v) is 10.9. The number of benzene rings is 2. The lowest BCUT2D eigenvalue weighted by Gasteiger charge is -2.21. The fraction of sp³-hybridized carbons (Fsp3) is 0.231. The van der Waals surface area contributed by atoms with Crippen LogP contribution in [-0.4, -0.2) is 19.7 Å². The lowest BCUT2D eigenvalue weighted by atomic mass is 10.1. The van der Waals surface area contributed by atoms with Gasteiger partial charge < -0.3 is 15.2 Å². The summed E-state index contributed by atoms with van der Waals surface area (Å²) in [6.45, 7) is 15.4. The highest BCUT2D eigenvalue weighted by Crippen LogP contribution is 2.38. The first kappa shape index (κ1) is 23.7. The van der Waals surface area contributed by atoms with E-state index >= 15 is 0 Å². The van der Waals surface area contributed by atoms with Crippen molar-refractivity contribution < 1.29 is 13.9 Å². The number of nitrogen functional groups attached to an aromatic ring is 1. The Hall–Kier alpha value is -4.45. The molecule has 0 aliphatic rings. The maximum atomic E-state index is 14.2. The molecule has 0 fully saturated rings. The molecule has 0 unspecified atom stereocenters. The van der Waals surface area contributed by atoms with Gasteiger partial charge in [0, 0.05) is 36.2 Å². The van der Waals surface area contributed by atoms with Crippen molar-refractivity contribution in [3.05, 3.63) is 83.5 Å². The standard InChI is InChI=1S/C26H25FN6O2/c1-16-30-13-17(14-31-16)15-34-21-10-19(27)11-22(12-21)35-20-8-6-18(7-9-20)23-24(29-5)25(28)33(32-23)26(2,3)4/h6-14H,15,28H2,1-4H3. The van der Waals surface area contributed by atoms with E-state index in [4.69, 9.17) is 21.8 Å². The molecule has 0 saturated heterocycles. The molecule has 9 heteroatoms. The Morgan fingerprint density at radius 2 is 1.69 bits per heavy atom. The van der Waals surface area contributed by atoms with Gasteiger partial charge in [-0.25, -0.2) is 19.2 Å². The fourth-order valence-corrected chi connectivity index (χ4v) is 3.40. The second kappa shape index (κ2) is 9.43. The molecule has 4 aromatic rings. The van der Waals surface area contributed by atoms with Crippen LogP contribution in [0.15, 0.2) is 54.9 Å². The highest BCUT2D eigenvalue weighted by Gasteiger charge is 2.24. The quantitative estimate of drug-likeness (QED) is 0.344. The van der Waals surface area contributed by atoms with Crippen molar-refractivity contribution in [2.45, 2.75) is 39.8 Å². The molecule has 2 aromatic carbocycles. The number of anilines is 1. The van der Waals surface area contributed by atoms with Crippen LogP contribution in [0.4, 0.5) is 15.9 Å². The maximum Gasteiger partial charge on any atom is 0.254 e. The van der Waals surface area contributed by atoms with Crippen molar-refractivity contribution >= 4 is 11.5 Å². The third-order valence-electron chi connectivity index (χ3n) is 5.09. The molecule has 2 heterocycles. The summed E-state index contributed by atoms with van der Waals surface area (Å²) >= 11 is 0. The Bertz CT molecular complexity index is 1380. The smallest absolute Gasteiger partial charge is 0.254 e. The summed E-state index contributed by atoms with van der Waals surface area (Å²) in [6, 6.07) is 11.2. The molecule has 8 nitrogen and oxygen atoms in total. The molecule has 0 aliphatic carbocycles. The SMILES string of the molecule is [C-]#[N+]c1c(-c2ccc(Oc3cc(F)cc(OCc4cnc(C)nc4)c3)cc2)nn(C(C)(C)C)c1N. The highest BCUT2D eigenvalue weighted by atomic mass is 19.1. The summed E-state index contributed by atoms with van der Waals surface area (Å²) in [5.41, 5.74) is 8.11. The largest absolute Gasteiger partial charge is 0.489 e. The van der Waals surface area contributed by atoms with Gasteiger partial charge >= 0.3 is 0 Å². The van der Waals surface area contributed by atoms with E-state index in [2.05, 4.69) is 19.9 Å². The third kappa shape index (κ3) is 5.38. The minimum atomic E-state index is -0.487. The Morgan fingerprint density at radius 1 is 1.03 bits per heavy atom. The molecular formula is C26H25FN6O2. The average Bonchev–Trinajstić information content (AvgIpc) is 3.15. The van der Waals surface area contributed by atoms with Crippen LogP contribution in [-0.2, 0) is 12.1 Å². The summed E-state index contributed by atoms with van der Waals surface area (Å²) in [6.07, 6.45) is 3.33. The summed E-state index contributed by atoms with van der Waals surface area (Å²) < 4.78 is 27.4. The normalized spacial score (nSPS) is 11.2. The van der Waals surface area contributed by atoms with Crippen LogP contribution >= 0.6 is 0 Å². The number of ether oxygens (including phenoxy) is 2. The zero-order valence-corrected chi connectivity index (χ0v) is 19.9. The number of hydrogen-bond donors (Lipinski definition) is 1. The Labute approximate surface area is 203 Å². The number of rotatable bonds is 6. The zero-order chi connectivity index (χ0) is 25.2. The Kier molecular flexibility index (Phi) is 6.38. The van der Waals surface area contributed by atoms with Gasteiger partial charge in [0.15, 0.2) is 0 Å². The third-order valence-corrected chi connectivity index (χ3v) is 5.09. The van der Waals surface area contributed by atoms with Crippen LogP contribution < -0.4 is 15.2 Å². The van der Waals surface area contributed by atoms with E-state index < -0.39 is 5.82 Å². The van der Waals surface area contributed by atoms with E-state index in [1.165, 1.54) is 12.1 Å². The molecule has 178 valence electrons. The summed E-state index contributed by atoms with van der Waals surface area (Å²) in [7, 11) is 0. The summed E-state index contributed by atoms with van der Waals surface area (Å²) in [4.78, 5) is 11.8. The monoisotopic (exact) mass is 472 g/mol. The highest BCUT2D eigenvalue weighted by molar-refractivity contribution is 5.83. The van der Waals surface area contributed by atoms with E-state index in [0.29, 0.717) is 34.5 Å². The average molecular weight is 473 g/mol. The van der Waals surface area contributed by atoms with E-state index in [-0.39, 0.29) is 17.9 Å². The minimum absolute atomic E-state index is 0.200. The van der Waals surface area contributed by atoms with Gasteiger partial charge in [0.1, 0.15) is 47.0 Å². The number of nitrogens with two attached hydrogens (primary N) is 1. The molecular weight excluding hydrogens is 447 g/mol. The second-order valence-corrected chi connectivity index (χ2v) is 8.95. The molecule has 0 bridgehead atoms. The predicted molar refractivity (Wildman–Crippen MR) is 131 cm³/mol. The molecule has 0 radical (unpaired) electrons. The minimum Gasteiger partial charge on any atom is -0.489 e. The lowest BCUT2D eigenvalue weighted by molar-refractivity contribution is 0.301. The lowest BCUT2D eigenvalue weighted by Crippen LogP contribution is -2.24. The molecule has 0 aliphatic heterocycles. The van der Waals surface area contributed by atoms with Gasteiger partial charge in [0.2, 0.25) is 0 Å². The predicted octanol–water partition coefficient (Wildman–Crippen LogP) is 6.05. The summed E-state index contributed by atoms with van der Waals surface area (Å²) in [5, 5.41) is 4.57. The zero-order valence-electron chi connectivity index (χ0n) is 19.9. The van der Waals surface area contributed by atoms with Gasteiger partial charge in [0.25, 0.3) is 5.69 Å². The second-order valence-electron chi connectivity index (χ2n) is 8.95. The molecule has 35 heavy (non-hydrogen) atoms. The van der Waals surface area contributed by atoms with Crippen molar-refractivity contribution in [1.29, 1.82) is 0 Å². The number of nitrogens with zero attached hydrogens (tertiary/aromatic N) is 5. The summed E-state index contributed by atoms with van der Waals surface area (Å²) in [5.74, 6) is 1.60. The van der Waals surface area contributed by atoms with Crippen LogP contribution in [0, 0.1) is 19.3 Å². The van der Waals surface area contributed by atoms with Crippen LogP contribution in [0.25, 0.3) is 16.1 Å². The Balaban J connectivity index is 1.51. The van der Waals surface area contributed by atoms with Crippen LogP contribution in [0.3, 0.4) is 0 Å². The van der Waals surface area contributed by atoms with Gasteiger partial charge in [-0.2, -0.15) is 5.10 Å². The molecule has 0 amide bonds. The van der Waals surface area contributed by atoms with E-state index in [1.54, 1.807) is 54.3 Å². The first-order valence-electron chi connectivity index (χ1n) is 10.9. The van der Waals surface area contributed by atoms with E-state index in [1.807, 2.05) is 20.8 Å². The van der Waals surface area contributed by atoms with E-state index in [0.717, 1.165) is 11.1 Å². The van der Waals surface area contributed by atoms with Gasteiger partial charge in [-0.05, 0) is 45.4 Å². The number of hydrogen-bond acceptors (Lipinski definition) is 6. The maximum absolute atomic E-state index is 14.2. The van der Waals surface area contributed by atoms with Gasteiger partial charge in [-0.15, -0.1) is 0 Å². The fourth-order valence-electron chi connectivity index (χ4n) is 3.40. The molecule has 2 N–H and O–H groups in total. The molecule has 4 rings (SSSR count). The number of aryl methyl sites for hydroxylation is 1. The number of halogens is 1. The molecule has 0 spiro atoms. The van der Waals surface area contributed by atoms with E-state index in [9.17, 15) is 4.39 Å². The Morgan fingerprint density at radius 3 is 2.31 bits per heavy atom. The van der Waals surface area contributed by atoms with Crippen molar-refractivity contribution in [3.8, 4) is 28.5 Å². The molecule has 0 saturated carbocycles. The van der Waals surface area contributed by atoms with Crippen LogP contribution in [0.2, 0.25) is 0 Å². The van der Waals surface area contributed by atoms with Crippen molar-refractivity contribution in [2.24, 2.45) is 0 Å². The van der Waals surface area contributed by atoms with Crippen LogP contribution in [0.1, 0.15) is 32.2 Å². The van der Waals surface area contributed by atoms with Gasteiger partial charge in [-0.3, -0.25) is 4.68 Å². The molecule has 2 aromatic heterocycles. The van der Waals surface area contributed by atoms with Crippen LogP contribution in [0.5, 0.6) is 17.2 Å². The van der Waals surface area contributed by atoms with Crippen molar-refractivity contribution in [2.75, 3.05) is 5.73 Å². The first-order chi connectivity index (χ1) is 16.6. The van der Waals surface area contributed by atoms with Gasteiger partial charge in [-0.1, -0.05) is 12.1 Å². The molecule has 0 atom stereocenters. The van der Waals surface area contributed by atoms with Crippen molar-refractivity contribution in [1.82, 2.24) is 19.7 Å².